The van der Waals surface area contributed by atoms with Crippen LogP contribution in [0.3, 0.4) is 0 Å². The number of aromatic nitrogens is 1. The molecule has 3 rings (SSSR count). The zero-order valence-corrected chi connectivity index (χ0v) is 15.5. The summed E-state index contributed by atoms with van der Waals surface area (Å²) in [7, 11) is 0. The molecule has 0 unspecified atom stereocenters. The molecule has 0 radical (unpaired) electrons. The van der Waals surface area contributed by atoms with Crippen LogP contribution in [-0.4, -0.2) is 27.7 Å². The summed E-state index contributed by atoms with van der Waals surface area (Å²) in [5, 5.41) is 12.7. The van der Waals surface area contributed by atoms with Crippen molar-refractivity contribution in [2.45, 2.75) is 59.1 Å². The van der Waals surface area contributed by atoms with Gasteiger partial charge in [-0.3, -0.25) is 4.79 Å². The summed E-state index contributed by atoms with van der Waals surface area (Å²) in [5.41, 5.74) is 5.21. The van der Waals surface area contributed by atoms with Crippen molar-refractivity contribution in [1.29, 1.82) is 0 Å². The van der Waals surface area contributed by atoms with E-state index in [0.717, 1.165) is 41.9 Å². The summed E-state index contributed by atoms with van der Waals surface area (Å²) < 4.78 is 2.19. The Hall–Kier alpha value is -2.07. The van der Waals surface area contributed by atoms with Crippen molar-refractivity contribution in [1.82, 2.24) is 9.88 Å². The molecule has 1 aromatic carbocycles. The number of nitrogens with one attached hydrogen (secondary N) is 1. The quantitative estimate of drug-likeness (QED) is 0.872. The molecular weight excluding hydrogens is 312 g/mol. The Morgan fingerprint density at radius 2 is 1.84 bits per heavy atom. The number of carbonyl (C=O) groups is 1. The smallest absolute Gasteiger partial charge is 0.251 e. The number of carbonyl (C=O) groups excluding carboxylic acids is 1. The highest BCUT2D eigenvalue weighted by molar-refractivity contribution is 5.95. The number of hydrogen-bond donors (Lipinski definition) is 2. The molecule has 2 aromatic rings. The monoisotopic (exact) mass is 340 g/mol. The molecule has 1 heterocycles. The molecule has 0 spiro atoms. The van der Waals surface area contributed by atoms with Crippen LogP contribution in [0.1, 0.15) is 53.5 Å². The summed E-state index contributed by atoms with van der Waals surface area (Å²) in [5.74, 6) is 0.361. The molecule has 4 heteroatoms. The summed E-state index contributed by atoms with van der Waals surface area (Å²) in [6, 6.07) is 10.2. The number of rotatable bonds is 5. The van der Waals surface area contributed by atoms with Crippen LogP contribution in [0.5, 0.6) is 0 Å². The van der Waals surface area contributed by atoms with Crippen LogP contribution in [0.4, 0.5) is 0 Å². The predicted octanol–water partition coefficient (Wildman–Crippen LogP) is 3.68. The largest absolute Gasteiger partial charge is 0.393 e. The minimum atomic E-state index is -0.193. The van der Waals surface area contributed by atoms with E-state index in [4.69, 9.17) is 0 Å². The van der Waals surface area contributed by atoms with Gasteiger partial charge in [-0.2, -0.15) is 0 Å². The van der Waals surface area contributed by atoms with Crippen LogP contribution < -0.4 is 5.32 Å². The maximum absolute atomic E-state index is 12.8. The summed E-state index contributed by atoms with van der Waals surface area (Å²) in [6.45, 7) is 8.31. The fourth-order valence-corrected chi connectivity index (χ4v) is 3.80. The number of nitrogens with zero attached hydrogens (tertiary/aromatic N) is 1. The van der Waals surface area contributed by atoms with E-state index < -0.39 is 0 Å². The van der Waals surface area contributed by atoms with Gasteiger partial charge in [0.15, 0.2) is 0 Å². The minimum Gasteiger partial charge on any atom is -0.393 e. The van der Waals surface area contributed by atoms with Crippen molar-refractivity contribution in [3.05, 3.63) is 52.8 Å². The SMILES string of the molecule is CC[C@@H](NC(=O)c1ccc(C)c(-n2c(C)ccc2C)c1)C1CC(O)C1. The highest BCUT2D eigenvalue weighted by Gasteiger charge is 2.33. The zero-order chi connectivity index (χ0) is 18.1. The van der Waals surface area contributed by atoms with Crippen LogP contribution in [0.25, 0.3) is 5.69 Å². The first kappa shape index (κ1) is 17.7. The van der Waals surface area contributed by atoms with Gasteiger partial charge in [-0.25, -0.2) is 0 Å². The summed E-state index contributed by atoms with van der Waals surface area (Å²) in [6.07, 6.45) is 2.28. The van der Waals surface area contributed by atoms with E-state index in [-0.39, 0.29) is 18.1 Å². The third kappa shape index (κ3) is 3.49. The molecule has 134 valence electrons. The van der Waals surface area contributed by atoms with Gasteiger partial charge in [-0.1, -0.05) is 13.0 Å². The van der Waals surface area contributed by atoms with Crippen molar-refractivity contribution in [2.24, 2.45) is 5.92 Å². The van der Waals surface area contributed by atoms with Crippen molar-refractivity contribution >= 4 is 5.91 Å². The number of benzene rings is 1. The number of amides is 1. The van der Waals surface area contributed by atoms with Gasteiger partial charge >= 0.3 is 0 Å². The Morgan fingerprint density at radius 1 is 1.20 bits per heavy atom. The molecule has 2 N–H and O–H groups in total. The number of aliphatic hydroxyl groups is 1. The maximum Gasteiger partial charge on any atom is 0.251 e. The highest BCUT2D eigenvalue weighted by Crippen LogP contribution is 2.31. The normalized spacial score (nSPS) is 20.8. The molecular formula is C21H28N2O2. The molecule has 1 aliphatic rings. The molecule has 25 heavy (non-hydrogen) atoms. The van der Waals surface area contributed by atoms with E-state index in [0.29, 0.717) is 11.5 Å². The van der Waals surface area contributed by atoms with Gasteiger partial charge in [0.2, 0.25) is 0 Å². The van der Waals surface area contributed by atoms with Crippen LogP contribution in [0, 0.1) is 26.7 Å². The van der Waals surface area contributed by atoms with Gasteiger partial charge in [0.25, 0.3) is 5.91 Å². The van der Waals surface area contributed by atoms with Gasteiger partial charge in [-0.05, 0) is 75.8 Å². The molecule has 1 amide bonds. The second kappa shape index (κ2) is 7.04. The second-order valence-corrected chi connectivity index (χ2v) is 7.33. The van der Waals surface area contributed by atoms with E-state index in [1.165, 1.54) is 0 Å². The summed E-state index contributed by atoms with van der Waals surface area (Å²) in [4.78, 5) is 12.8. The van der Waals surface area contributed by atoms with Gasteiger partial charge in [-0.15, -0.1) is 0 Å². The third-order valence-corrected chi connectivity index (χ3v) is 5.46. The van der Waals surface area contributed by atoms with E-state index in [1.54, 1.807) is 0 Å². The molecule has 1 fully saturated rings. The van der Waals surface area contributed by atoms with Crippen molar-refractivity contribution < 1.29 is 9.90 Å². The minimum absolute atomic E-state index is 0.0306. The van der Waals surface area contributed by atoms with E-state index in [1.807, 2.05) is 18.2 Å². The van der Waals surface area contributed by atoms with Crippen molar-refractivity contribution in [3.8, 4) is 5.69 Å². The molecule has 0 aliphatic heterocycles. The van der Waals surface area contributed by atoms with Crippen molar-refractivity contribution in [2.75, 3.05) is 0 Å². The molecule has 0 bridgehead atoms. The fourth-order valence-electron chi connectivity index (χ4n) is 3.80. The van der Waals surface area contributed by atoms with E-state index in [9.17, 15) is 9.90 Å². The van der Waals surface area contributed by atoms with E-state index >= 15 is 0 Å². The lowest BCUT2D eigenvalue weighted by Gasteiger charge is -2.37. The Balaban J connectivity index is 1.83. The molecule has 1 atom stereocenters. The van der Waals surface area contributed by atoms with Gasteiger partial charge in [0, 0.05) is 28.7 Å². The number of aliphatic hydroxyl groups excluding tert-OH is 1. The lowest BCUT2D eigenvalue weighted by molar-refractivity contribution is 0.0232. The Kier molecular flexibility index (Phi) is 5.00. The number of hydrogen-bond acceptors (Lipinski definition) is 2. The van der Waals surface area contributed by atoms with Gasteiger partial charge in [0.05, 0.1) is 6.10 Å². The third-order valence-electron chi connectivity index (χ3n) is 5.46. The first-order valence-corrected chi connectivity index (χ1v) is 9.15. The zero-order valence-electron chi connectivity index (χ0n) is 15.5. The molecule has 0 saturated heterocycles. The Bertz CT molecular complexity index is 753. The second-order valence-electron chi connectivity index (χ2n) is 7.33. The van der Waals surface area contributed by atoms with Crippen molar-refractivity contribution in [3.63, 3.8) is 0 Å². The summed E-state index contributed by atoms with van der Waals surface area (Å²) >= 11 is 0. The molecule has 4 nitrogen and oxygen atoms in total. The molecule has 1 aromatic heterocycles. The van der Waals surface area contributed by atoms with E-state index in [2.05, 4.69) is 49.7 Å². The van der Waals surface area contributed by atoms with Crippen LogP contribution >= 0.6 is 0 Å². The first-order valence-electron chi connectivity index (χ1n) is 9.15. The van der Waals surface area contributed by atoms with Gasteiger partial charge in [0.1, 0.15) is 0 Å². The average molecular weight is 340 g/mol. The van der Waals surface area contributed by atoms with Gasteiger partial charge < -0.3 is 15.0 Å². The van der Waals surface area contributed by atoms with Crippen LogP contribution in [-0.2, 0) is 0 Å². The Labute approximate surface area is 149 Å². The predicted molar refractivity (Wildman–Crippen MR) is 100 cm³/mol. The van der Waals surface area contributed by atoms with Crippen LogP contribution in [0.15, 0.2) is 30.3 Å². The molecule has 1 aliphatic carbocycles. The number of aryl methyl sites for hydroxylation is 3. The highest BCUT2D eigenvalue weighted by atomic mass is 16.3. The Morgan fingerprint density at radius 3 is 2.40 bits per heavy atom. The maximum atomic E-state index is 12.8. The molecule has 1 saturated carbocycles. The van der Waals surface area contributed by atoms with Crippen LogP contribution in [0.2, 0.25) is 0 Å². The standard InChI is InChI=1S/C21H28N2O2/c1-5-19(17-10-18(24)11-17)22-21(25)16-9-6-13(2)20(12-16)23-14(3)7-8-15(23)4/h6-9,12,17-19,24H,5,10-11H2,1-4H3,(H,22,25)/t17?,18?,19-/m1/s1. The lowest BCUT2D eigenvalue weighted by atomic mass is 9.76. The average Bonchev–Trinajstić information content (AvgIpc) is 2.89. The topological polar surface area (TPSA) is 54.3 Å². The first-order chi connectivity index (χ1) is 11.9. The lowest BCUT2D eigenvalue weighted by Crippen LogP contribution is -2.46. The fraction of sp³-hybridized carbons (Fsp3) is 0.476.